The van der Waals surface area contributed by atoms with Crippen LogP contribution >= 0.6 is 12.2 Å². The lowest BCUT2D eigenvalue weighted by atomic mass is 10.2. The Hall–Kier alpha value is -3.31. The Morgan fingerprint density at radius 2 is 1.87 bits per heavy atom. The largest absolute Gasteiger partial charge is 0.331 e. The van der Waals surface area contributed by atoms with Gasteiger partial charge in [-0.25, -0.2) is 0 Å². The summed E-state index contributed by atoms with van der Waals surface area (Å²) in [6, 6.07) is 14.8. The van der Waals surface area contributed by atoms with Gasteiger partial charge in [0, 0.05) is 17.8 Å². The zero-order valence-corrected chi connectivity index (χ0v) is 12.6. The highest BCUT2D eigenvalue weighted by atomic mass is 32.1. The number of non-ortho nitro benzene ring substituents is 1. The molecule has 23 heavy (non-hydrogen) atoms. The van der Waals surface area contributed by atoms with Gasteiger partial charge in [-0.1, -0.05) is 0 Å². The maximum atomic E-state index is 10.5. The number of hydrogen-bond acceptors (Lipinski definition) is 5. The molecule has 2 N–H and O–H groups in total. The number of nitro benzene ring substituents is 1. The summed E-state index contributed by atoms with van der Waals surface area (Å²) in [5.74, 6) is 0. The fourth-order valence-electron chi connectivity index (χ4n) is 1.63. The van der Waals surface area contributed by atoms with Gasteiger partial charge in [0.25, 0.3) is 5.69 Å². The Morgan fingerprint density at radius 3 is 2.43 bits per heavy atom. The van der Waals surface area contributed by atoms with Crippen molar-refractivity contribution in [2.24, 2.45) is 5.10 Å². The molecule has 0 atom stereocenters. The van der Waals surface area contributed by atoms with Crippen molar-refractivity contribution in [3.8, 4) is 6.07 Å². The molecule has 0 radical (unpaired) electrons. The first kappa shape index (κ1) is 16.1. The second kappa shape index (κ2) is 7.63. The second-order valence-electron chi connectivity index (χ2n) is 4.36. The Balaban J connectivity index is 1.88. The molecular weight excluding hydrogens is 314 g/mol. The number of hydrazone groups is 1. The first-order valence-electron chi connectivity index (χ1n) is 6.43. The van der Waals surface area contributed by atoms with Gasteiger partial charge < -0.3 is 5.32 Å². The number of nitrogens with zero attached hydrogens (tertiary/aromatic N) is 3. The number of hydrogen-bond donors (Lipinski definition) is 2. The van der Waals surface area contributed by atoms with Crippen LogP contribution in [-0.4, -0.2) is 16.3 Å². The molecule has 2 aromatic carbocycles. The van der Waals surface area contributed by atoms with Crippen molar-refractivity contribution in [3.05, 3.63) is 69.8 Å². The van der Waals surface area contributed by atoms with E-state index in [2.05, 4.69) is 15.8 Å². The molecule has 0 aliphatic carbocycles. The molecule has 0 heterocycles. The molecule has 0 aliphatic heterocycles. The molecule has 7 nitrogen and oxygen atoms in total. The van der Waals surface area contributed by atoms with E-state index in [1.165, 1.54) is 18.3 Å². The first-order valence-corrected chi connectivity index (χ1v) is 6.84. The van der Waals surface area contributed by atoms with Gasteiger partial charge in [0.1, 0.15) is 0 Å². The summed E-state index contributed by atoms with van der Waals surface area (Å²) in [5, 5.41) is 26.4. The van der Waals surface area contributed by atoms with Crippen molar-refractivity contribution < 1.29 is 4.92 Å². The molecule has 0 amide bonds. The van der Waals surface area contributed by atoms with Crippen LogP contribution in [-0.2, 0) is 0 Å². The fourth-order valence-corrected chi connectivity index (χ4v) is 1.81. The zero-order valence-electron chi connectivity index (χ0n) is 11.8. The van der Waals surface area contributed by atoms with E-state index in [1.54, 1.807) is 36.4 Å². The minimum atomic E-state index is -0.462. The van der Waals surface area contributed by atoms with Gasteiger partial charge in [0.05, 0.1) is 22.8 Å². The third-order valence-electron chi connectivity index (χ3n) is 2.76. The van der Waals surface area contributed by atoms with Crippen LogP contribution in [0, 0.1) is 21.4 Å². The molecular formula is C15H11N5O2S. The first-order chi connectivity index (χ1) is 11.1. The van der Waals surface area contributed by atoms with Crippen molar-refractivity contribution in [3.63, 3.8) is 0 Å². The highest BCUT2D eigenvalue weighted by molar-refractivity contribution is 7.80. The van der Waals surface area contributed by atoms with Gasteiger partial charge in [-0.3, -0.25) is 15.5 Å². The van der Waals surface area contributed by atoms with E-state index in [4.69, 9.17) is 17.5 Å². The molecule has 0 unspecified atom stereocenters. The second-order valence-corrected chi connectivity index (χ2v) is 4.77. The fraction of sp³-hybridized carbons (Fsp3) is 0. The van der Waals surface area contributed by atoms with Gasteiger partial charge >= 0.3 is 0 Å². The van der Waals surface area contributed by atoms with Crippen LogP contribution in [0.4, 0.5) is 11.4 Å². The predicted molar refractivity (Wildman–Crippen MR) is 91.2 cm³/mol. The average molecular weight is 325 g/mol. The third-order valence-corrected chi connectivity index (χ3v) is 2.95. The van der Waals surface area contributed by atoms with E-state index in [-0.39, 0.29) is 10.8 Å². The molecule has 0 spiro atoms. The van der Waals surface area contributed by atoms with Crippen molar-refractivity contribution in [1.29, 1.82) is 5.26 Å². The number of nitrogens with one attached hydrogen (secondary N) is 2. The highest BCUT2D eigenvalue weighted by Crippen LogP contribution is 2.10. The van der Waals surface area contributed by atoms with Gasteiger partial charge in [-0.05, 0) is 54.2 Å². The highest BCUT2D eigenvalue weighted by Gasteiger charge is 2.02. The van der Waals surface area contributed by atoms with Gasteiger partial charge in [-0.15, -0.1) is 0 Å². The molecule has 0 fully saturated rings. The lowest BCUT2D eigenvalue weighted by Gasteiger charge is -2.06. The van der Waals surface area contributed by atoms with Crippen LogP contribution in [0.2, 0.25) is 0 Å². The topological polar surface area (TPSA) is 103 Å². The molecule has 114 valence electrons. The van der Waals surface area contributed by atoms with Crippen molar-refractivity contribution in [2.45, 2.75) is 0 Å². The molecule has 0 aromatic heterocycles. The van der Waals surface area contributed by atoms with Crippen LogP contribution in [0.5, 0.6) is 0 Å². The molecule has 2 aromatic rings. The van der Waals surface area contributed by atoms with Gasteiger partial charge in [0.15, 0.2) is 5.11 Å². The summed E-state index contributed by atoms with van der Waals surface area (Å²) < 4.78 is 0. The van der Waals surface area contributed by atoms with Crippen LogP contribution in [0.25, 0.3) is 0 Å². The van der Waals surface area contributed by atoms with Crippen molar-refractivity contribution >= 4 is 34.9 Å². The number of rotatable bonds is 4. The van der Waals surface area contributed by atoms with Gasteiger partial charge in [-0.2, -0.15) is 10.4 Å². The Kier molecular flexibility index (Phi) is 5.33. The standard InChI is InChI=1S/C15H11N5O2S/c16-9-11-1-5-13(6-2-11)18-15(23)19-17-10-12-3-7-14(8-4-12)20(21)22/h1-8,10H,(H2,18,19,23). The Morgan fingerprint density at radius 1 is 1.22 bits per heavy atom. The van der Waals surface area contributed by atoms with Crippen molar-refractivity contribution in [1.82, 2.24) is 5.43 Å². The summed E-state index contributed by atoms with van der Waals surface area (Å²) in [4.78, 5) is 10.1. The zero-order chi connectivity index (χ0) is 16.7. The average Bonchev–Trinajstić information content (AvgIpc) is 2.56. The SMILES string of the molecule is N#Cc1ccc(NC(=S)NN=Cc2ccc([N+](=O)[O-])cc2)cc1. The predicted octanol–water partition coefficient (Wildman–Crippen LogP) is 2.79. The lowest BCUT2D eigenvalue weighted by molar-refractivity contribution is -0.384. The molecule has 0 aliphatic rings. The van der Waals surface area contributed by atoms with Crippen LogP contribution in [0.3, 0.4) is 0 Å². The molecule has 0 bridgehead atoms. The van der Waals surface area contributed by atoms with E-state index in [1.807, 2.05) is 6.07 Å². The molecule has 0 saturated heterocycles. The Labute approximate surface area is 137 Å². The number of anilines is 1. The molecule has 0 saturated carbocycles. The maximum Gasteiger partial charge on any atom is 0.269 e. The maximum absolute atomic E-state index is 10.5. The summed E-state index contributed by atoms with van der Waals surface area (Å²) in [7, 11) is 0. The molecule has 8 heteroatoms. The van der Waals surface area contributed by atoms with Crippen molar-refractivity contribution in [2.75, 3.05) is 5.32 Å². The number of benzene rings is 2. The smallest absolute Gasteiger partial charge is 0.269 e. The van der Waals surface area contributed by atoms with Gasteiger partial charge in [0.2, 0.25) is 0 Å². The van der Waals surface area contributed by atoms with E-state index in [0.29, 0.717) is 11.1 Å². The summed E-state index contributed by atoms with van der Waals surface area (Å²) in [5.41, 5.74) is 4.65. The minimum absolute atomic E-state index is 0.0214. The number of nitro groups is 1. The number of thiocarbonyl (C=S) groups is 1. The van der Waals surface area contributed by atoms with E-state index < -0.39 is 4.92 Å². The monoisotopic (exact) mass is 325 g/mol. The summed E-state index contributed by atoms with van der Waals surface area (Å²) in [6.45, 7) is 0. The summed E-state index contributed by atoms with van der Waals surface area (Å²) in [6.07, 6.45) is 1.50. The summed E-state index contributed by atoms with van der Waals surface area (Å²) >= 11 is 5.08. The van der Waals surface area contributed by atoms with E-state index >= 15 is 0 Å². The Bertz CT molecular complexity index is 779. The molecule has 2 rings (SSSR count). The lowest BCUT2D eigenvalue weighted by Crippen LogP contribution is -2.23. The van der Waals surface area contributed by atoms with Crippen LogP contribution < -0.4 is 10.7 Å². The van der Waals surface area contributed by atoms with Crippen LogP contribution in [0.15, 0.2) is 53.6 Å². The minimum Gasteiger partial charge on any atom is -0.331 e. The van der Waals surface area contributed by atoms with Crippen LogP contribution in [0.1, 0.15) is 11.1 Å². The van der Waals surface area contributed by atoms with E-state index in [0.717, 1.165) is 5.69 Å². The number of nitriles is 1. The third kappa shape index (κ3) is 4.87. The van der Waals surface area contributed by atoms with E-state index in [9.17, 15) is 10.1 Å². The normalized spacial score (nSPS) is 10.0. The quantitative estimate of drug-likeness (QED) is 0.388.